The first-order chi connectivity index (χ1) is 19.2. The molecule has 1 aliphatic carbocycles. The fourth-order valence-electron chi connectivity index (χ4n) is 4.36. The highest BCUT2D eigenvalue weighted by Gasteiger charge is 2.44. The molecule has 41 heavy (non-hydrogen) atoms. The van der Waals surface area contributed by atoms with Crippen LogP contribution in [0.4, 0.5) is 8.78 Å². The second-order valence-corrected chi connectivity index (χ2v) is 9.55. The Balaban J connectivity index is 2.36. The van der Waals surface area contributed by atoms with Crippen LogP contribution >= 0.6 is 0 Å². The van der Waals surface area contributed by atoms with Gasteiger partial charge in [-0.1, -0.05) is 23.8 Å². The average molecular weight is 587 g/mol. The Hall–Kier alpha value is -4.30. The van der Waals surface area contributed by atoms with Crippen molar-refractivity contribution < 1.29 is 52.8 Å². The van der Waals surface area contributed by atoms with E-state index in [4.69, 9.17) is 4.74 Å². The maximum absolute atomic E-state index is 15.1. The number of hydrogen-bond donors (Lipinski definition) is 1. The highest BCUT2D eigenvalue weighted by molar-refractivity contribution is 5.80. The molecule has 2 unspecified atom stereocenters. The second kappa shape index (κ2) is 14.9. The lowest BCUT2D eigenvalue weighted by molar-refractivity contribution is -0.757. The normalized spacial score (nSPS) is 16.7. The number of allylic oxidation sites excluding steroid dienone is 3. The van der Waals surface area contributed by atoms with Crippen LogP contribution in [0.5, 0.6) is 11.5 Å². The minimum atomic E-state index is -4.26. The molecule has 0 radical (unpaired) electrons. The van der Waals surface area contributed by atoms with E-state index >= 15 is 8.78 Å². The highest BCUT2D eigenvalue weighted by atomic mass is 19.3. The maximum atomic E-state index is 15.1. The Morgan fingerprint density at radius 3 is 2.32 bits per heavy atom. The minimum absolute atomic E-state index is 0.0124. The number of phenolic OH excluding ortho intramolecular Hbond substituents is 1. The number of hydrogen-bond acceptors (Lipinski definition) is 11. The van der Waals surface area contributed by atoms with Crippen LogP contribution in [0.3, 0.4) is 0 Å². The number of carbonyl (C=O) groups excluding carboxylic acids is 2. The number of halogens is 2. The molecule has 2 rings (SSSR count). The van der Waals surface area contributed by atoms with Gasteiger partial charge in [-0.05, 0) is 64.0 Å². The van der Waals surface area contributed by atoms with Crippen LogP contribution in [-0.4, -0.2) is 47.0 Å². The standard InChI is InChI=1S/C26H32F2N2O11/c1-16(2)19-9-8-17(3)13-20(19)24-21(31)14-18(15-22(24)41-23(32)7-6-12-40-30(36)37)26(27,28)25(33)38-10-4-5-11-39-29(34)35/h13-15,19-20,31H,1,4-12H2,2-3H3. The minimum Gasteiger partial charge on any atom is -0.507 e. The summed E-state index contributed by atoms with van der Waals surface area (Å²) in [5.41, 5.74) is 0.769. The first kappa shape index (κ1) is 32.9. The Kier molecular flexibility index (Phi) is 12.0. The highest BCUT2D eigenvalue weighted by Crippen LogP contribution is 2.48. The van der Waals surface area contributed by atoms with Gasteiger partial charge < -0.3 is 24.3 Å². The Morgan fingerprint density at radius 2 is 1.71 bits per heavy atom. The zero-order valence-electron chi connectivity index (χ0n) is 22.6. The van der Waals surface area contributed by atoms with E-state index in [2.05, 4.69) is 21.0 Å². The van der Waals surface area contributed by atoms with E-state index in [1.54, 1.807) is 6.92 Å². The third kappa shape index (κ3) is 9.69. The fourth-order valence-corrected chi connectivity index (χ4v) is 4.36. The second-order valence-electron chi connectivity index (χ2n) is 9.55. The maximum Gasteiger partial charge on any atom is 0.381 e. The summed E-state index contributed by atoms with van der Waals surface area (Å²) in [6.45, 7) is 6.46. The summed E-state index contributed by atoms with van der Waals surface area (Å²) < 4.78 is 40.3. The third-order valence-electron chi connectivity index (χ3n) is 6.37. The van der Waals surface area contributed by atoms with Gasteiger partial charge in [-0.25, -0.2) is 4.79 Å². The molecule has 0 aliphatic heterocycles. The number of aromatic hydroxyl groups is 1. The Bertz CT molecular complexity index is 1190. The van der Waals surface area contributed by atoms with Crippen LogP contribution in [0.1, 0.15) is 69.4 Å². The van der Waals surface area contributed by atoms with Gasteiger partial charge in [0.25, 0.3) is 10.2 Å². The van der Waals surface area contributed by atoms with E-state index < -0.39 is 64.2 Å². The molecule has 15 heteroatoms. The molecule has 1 aliphatic rings. The molecule has 0 heterocycles. The van der Waals surface area contributed by atoms with E-state index in [9.17, 15) is 34.9 Å². The molecule has 1 aromatic carbocycles. The smallest absolute Gasteiger partial charge is 0.381 e. The van der Waals surface area contributed by atoms with Crippen LogP contribution < -0.4 is 4.74 Å². The largest absolute Gasteiger partial charge is 0.507 e. The van der Waals surface area contributed by atoms with E-state index in [0.717, 1.165) is 23.6 Å². The van der Waals surface area contributed by atoms with Gasteiger partial charge in [-0.3, -0.25) is 4.79 Å². The first-order valence-electron chi connectivity index (χ1n) is 12.7. The summed E-state index contributed by atoms with van der Waals surface area (Å²) in [5, 5.41) is 29.4. The number of ether oxygens (including phenoxy) is 2. The van der Waals surface area contributed by atoms with Crippen molar-refractivity contribution in [3.05, 3.63) is 67.3 Å². The molecular weight excluding hydrogens is 554 g/mol. The number of nitrogens with zero attached hydrogens (tertiary/aromatic N) is 2. The van der Waals surface area contributed by atoms with Crippen molar-refractivity contribution in [1.29, 1.82) is 0 Å². The number of alkyl halides is 2. The van der Waals surface area contributed by atoms with Crippen LogP contribution in [0, 0.1) is 26.1 Å². The van der Waals surface area contributed by atoms with Gasteiger partial charge in [0, 0.05) is 23.5 Å². The summed E-state index contributed by atoms with van der Waals surface area (Å²) in [7, 11) is 0. The van der Waals surface area contributed by atoms with Crippen LogP contribution in [0.25, 0.3) is 0 Å². The van der Waals surface area contributed by atoms with Gasteiger partial charge >= 0.3 is 17.9 Å². The molecule has 0 amide bonds. The van der Waals surface area contributed by atoms with Crippen LogP contribution in [0.15, 0.2) is 35.9 Å². The SMILES string of the molecule is C=C(C)C1CCC(C)=CC1c1c(O)cc(C(F)(F)C(=O)OCCCCO[N+](=O)[O-])cc1OC(=O)CCCO[N+](=O)[O-]. The third-order valence-corrected chi connectivity index (χ3v) is 6.37. The number of rotatable bonds is 16. The monoisotopic (exact) mass is 586 g/mol. The lowest BCUT2D eigenvalue weighted by atomic mass is 9.73. The zero-order chi connectivity index (χ0) is 30.7. The molecular formula is C26H32F2N2O11. The predicted molar refractivity (Wildman–Crippen MR) is 137 cm³/mol. The van der Waals surface area contributed by atoms with Crippen molar-refractivity contribution in [2.24, 2.45) is 5.92 Å². The zero-order valence-corrected chi connectivity index (χ0v) is 22.6. The van der Waals surface area contributed by atoms with Crippen LogP contribution in [-0.2, 0) is 29.9 Å². The average Bonchev–Trinajstić information content (AvgIpc) is 2.87. The molecule has 0 saturated carbocycles. The molecule has 1 N–H and O–H groups in total. The Morgan fingerprint density at radius 1 is 1.10 bits per heavy atom. The van der Waals surface area contributed by atoms with Gasteiger partial charge in [0.2, 0.25) is 0 Å². The van der Waals surface area contributed by atoms with Gasteiger partial charge in [0.1, 0.15) is 11.5 Å². The number of esters is 2. The molecule has 0 spiro atoms. The first-order valence-corrected chi connectivity index (χ1v) is 12.7. The lowest BCUT2D eigenvalue weighted by Gasteiger charge is -2.32. The Labute approximate surface area is 233 Å². The number of benzene rings is 1. The molecule has 0 fully saturated rings. The molecule has 0 aromatic heterocycles. The van der Waals surface area contributed by atoms with E-state index in [0.29, 0.717) is 12.5 Å². The summed E-state index contributed by atoms with van der Waals surface area (Å²) in [4.78, 5) is 53.5. The quantitative estimate of drug-likeness (QED) is 0.0694. The fraction of sp³-hybridized carbons (Fsp3) is 0.538. The van der Waals surface area contributed by atoms with Gasteiger partial charge in [0.15, 0.2) is 0 Å². The molecule has 0 bridgehead atoms. The van der Waals surface area contributed by atoms with Crippen molar-refractivity contribution in [3.8, 4) is 11.5 Å². The number of phenols is 1. The van der Waals surface area contributed by atoms with Crippen molar-refractivity contribution in [2.75, 3.05) is 19.8 Å². The molecule has 2 atom stereocenters. The number of unbranched alkanes of at least 4 members (excludes halogenated alkanes) is 1. The van der Waals surface area contributed by atoms with Gasteiger partial charge in [-0.2, -0.15) is 8.78 Å². The van der Waals surface area contributed by atoms with Crippen molar-refractivity contribution >= 4 is 11.9 Å². The lowest BCUT2D eigenvalue weighted by Crippen LogP contribution is -2.29. The van der Waals surface area contributed by atoms with Gasteiger partial charge in [0.05, 0.1) is 19.8 Å². The molecule has 13 nitrogen and oxygen atoms in total. The van der Waals surface area contributed by atoms with E-state index in [1.807, 2.05) is 13.0 Å². The molecule has 0 saturated heterocycles. The van der Waals surface area contributed by atoms with Crippen LogP contribution in [0.2, 0.25) is 0 Å². The number of carbonyl (C=O) groups is 2. The predicted octanol–water partition coefficient (Wildman–Crippen LogP) is 4.93. The summed E-state index contributed by atoms with van der Waals surface area (Å²) in [6.07, 6.45) is 2.83. The topological polar surface area (TPSA) is 178 Å². The van der Waals surface area contributed by atoms with Crippen molar-refractivity contribution in [3.63, 3.8) is 0 Å². The van der Waals surface area contributed by atoms with Gasteiger partial charge in [-0.15, -0.1) is 20.2 Å². The van der Waals surface area contributed by atoms with Crippen molar-refractivity contribution in [2.45, 2.75) is 64.2 Å². The summed E-state index contributed by atoms with van der Waals surface area (Å²) in [6, 6.07) is 1.48. The summed E-state index contributed by atoms with van der Waals surface area (Å²) >= 11 is 0. The van der Waals surface area contributed by atoms with E-state index in [1.165, 1.54) is 0 Å². The molecule has 226 valence electrons. The van der Waals surface area contributed by atoms with Crippen molar-refractivity contribution in [1.82, 2.24) is 0 Å². The molecule has 1 aromatic rings. The summed E-state index contributed by atoms with van der Waals surface area (Å²) in [5.74, 6) is -8.99. The van der Waals surface area contributed by atoms with E-state index in [-0.39, 0.29) is 43.8 Å².